The Bertz CT molecular complexity index is 540. The Kier molecular flexibility index (Phi) is 5.98. The van der Waals surface area contributed by atoms with Gasteiger partial charge < -0.3 is 9.84 Å². The molecule has 0 aromatic heterocycles. The summed E-state index contributed by atoms with van der Waals surface area (Å²) < 4.78 is 31.5. The average molecular weight is 301 g/mol. The standard InChI is InChI=1S/C14H23NO4S/c1-11(2)7-8-15(3)20(17,18)14-6-5-12(10-16)9-13(14)19-4/h5-6,9,11,16H,7-8,10H2,1-4H3. The molecule has 5 nitrogen and oxygen atoms in total. The van der Waals surface area contributed by atoms with Gasteiger partial charge in [-0.3, -0.25) is 0 Å². The first-order valence-corrected chi connectivity index (χ1v) is 8.01. The maximum Gasteiger partial charge on any atom is 0.246 e. The lowest BCUT2D eigenvalue weighted by Crippen LogP contribution is -2.29. The van der Waals surface area contributed by atoms with Crippen LogP contribution in [0.4, 0.5) is 0 Å². The first-order valence-electron chi connectivity index (χ1n) is 6.57. The third-order valence-corrected chi connectivity index (χ3v) is 5.02. The Morgan fingerprint density at radius 3 is 2.50 bits per heavy atom. The van der Waals surface area contributed by atoms with E-state index in [1.165, 1.54) is 17.5 Å². The van der Waals surface area contributed by atoms with E-state index in [1.54, 1.807) is 19.2 Å². The molecule has 114 valence electrons. The van der Waals surface area contributed by atoms with E-state index in [4.69, 9.17) is 9.84 Å². The van der Waals surface area contributed by atoms with Crippen LogP contribution in [0.3, 0.4) is 0 Å². The summed E-state index contributed by atoms with van der Waals surface area (Å²) in [6.45, 7) is 4.42. The number of hydrogen-bond donors (Lipinski definition) is 1. The summed E-state index contributed by atoms with van der Waals surface area (Å²) in [6.07, 6.45) is 0.798. The zero-order valence-electron chi connectivity index (χ0n) is 12.5. The molecule has 0 fully saturated rings. The third kappa shape index (κ3) is 3.94. The van der Waals surface area contributed by atoms with Gasteiger partial charge in [0.2, 0.25) is 10.0 Å². The predicted molar refractivity (Wildman–Crippen MR) is 78.2 cm³/mol. The smallest absolute Gasteiger partial charge is 0.246 e. The van der Waals surface area contributed by atoms with E-state index in [-0.39, 0.29) is 17.3 Å². The van der Waals surface area contributed by atoms with Gasteiger partial charge in [0.15, 0.2) is 0 Å². The van der Waals surface area contributed by atoms with Gasteiger partial charge in [-0.1, -0.05) is 19.9 Å². The lowest BCUT2D eigenvalue weighted by Gasteiger charge is -2.20. The Balaban J connectivity index is 3.08. The van der Waals surface area contributed by atoms with Crippen LogP contribution in [0.25, 0.3) is 0 Å². The fourth-order valence-corrected chi connectivity index (χ4v) is 3.07. The minimum atomic E-state index is -3.58. The second-order valence-corrected chi connectivity index (χ2v) is 7.17. The maximum atomic E-state index is 12.5. The summed E-state index contributed by atoms with van der Waals surface area (Å²) in [4.78, 5) is 0.128. The molecule has 0 amide bonds. The van der Waals surface area contributed by atoms with Crippen LogP contribution >= 0.6 is 0 Å². The first kappa shape index (κ1) is 16.9. The molecule has 0 unspecified atom stereocenters. The predicted octanol–water partition coefficient (Wildman–Crippen LogP) is 1.85. The number of benzene rings is 1. The molecule has 1 rings (SSSR count). The van der Waals surface area contributed by atoms with Crippen molar-refractivity contribution in [3.05, 3.63) is 23.8 Å². The van der Waals surface area contributed by atoms with Gasteiger partial charge in [-0.15, -0.1) is 0 Å². The van der Waals surface area contributed by atoms with Crippen LogP contribution < -0.4 is 4.74 Å². The van der Waals surface area contributed by atoms with Crippen molar-refractivity contribution in [2.75, 3.05) is 20.7 Å². The minimum absolute atomic E-state index is 0.128. The van der Waals surface area contributed by atoms with Crippen LogP contribution in [0.2, 0.25) is 0 Å². The van der Waals surface area contributed by atoms with Crippen molar-refractivity contribution in [1.82, 2.24) is 4.31 Å². The topological polar surface area (TPSA) is 66.8 Å². The summed E-state index contributed by atoms with van der Waals surface area (Å²) in [5.41, 5.74) is 0.616. The largest absolute Gasteiger partial charge is 0.495 e. The molecule has 0 saturated heterocycles. The SMILES string of the molecule is COc1cc(CO)ccc1S(=O)(=O)N(C)CCC(C)C. The Hall–Kier alpha value is -1.11. The van der Waals surface area contributed by atoms with Gasteiger partial charge in [0, 0.05) is 13.6 Å². The van der Waals surface area contributed by atoms with Crippen LogP contribution in [-0.4, -0.2) is 38.5 Å². The molecule has 0 atom stereocenters. The van der Waals surface area contributed by atoms with Gasteiger partial charge >= 0.3 is 0 Å². The van der Waals surface area contributed by atoms with E-state index in [2.05, 4.69) is 13.8 Å². The molecule has 0 aliphatic rings. The van der Waals surface area contributed by atoms with Gasteiger partial charge in [-0.2, -0.15) is 0 Å². The molecule has 0 radical (unpaired) electrons. The average Bonchev–Trinajstić information content (AvgIpc) is 2.43. The van der Waals surface area contributed by atoms with Gasteiger partial charge in [0.25, 0.3) is 0 Å². The minimum Gasteiger partial charge on any atom is -0.495 e. The molecular formula is C14H23NO4S. The maximum absolute atomic E-state index is 12.5. The number of aliphatic hydroxyl groups excluding tert-OH is 1. The number of hydrogen-bond acceptors (Lipinski definition) is 4. The normalized spacial score (nSPS) is 12.2. The van der Waals surface area contributed by atoms with Gasteiger partial charge in [-0.05, 0) is 30.0 Å². The van der Waals surface area contributed by atoms with Gasteiger partial charge in [0.05, 0.1) is 13.7 Å². The Morgan fingerprint density at radius 2 is 2.00 bits per heavy atom. The molecule has 0 aliphatic carbocycles. The highest BCUT2D eigenvalue weighted by Gasteiger charge is 2.24. The highest BCUT2D eigenvalue weighted by molar-refractivity contribution is 7.89. The molecular weight excluding hydrogens is 278 g/mol. The number of methoxy groups -OCH3 is 1. The number of nitrogens with zero attached hydrogens (tertiary/aromatic N) is 1. The fourth-order valence-electron chi connectivity index (χ4n) is 1.75. The highest BCUT2D eigenvalue weighted by Crippen LogP contribution is 2.27. The second-order valence-electron chi connectivity index (χ2n) is 5.15. The molecule has 0 spiro atoms. The van der Waals surface area contributed by atoms with Crippen molar-refractivity contribution in [2.45, 2.75) is 31.8 Å². The van der Waals surface area contributed by atoms with E-state index in [0.29, 0.717) is 18.0 Å². The zero-order chi connectivity index (χ0) is 15.3. The van der Waals surface area contributed by atoms with Crippen molar-refractivity contribution in [3.63, 3.8) is 0 Å². The van der Waals surface area contributed by atoms with Crippen molar-refractivity contribution in [3.8, 4) is 5.75 Å². The van der Waals surface area contributed by atoms with Crippen molar-refractivity contribution in [1.29, 1.82) is 0 Å². The molecule has 0 saturated carbocycles. The number of aliphatic hydroxyl groups is 1. The van der Waals surface area contributed by atoms with Gasteiger partial charge in [-0.25, -0.2) is 12.7 Å². The lowest BCUT2D eigenvalue weighted by molar-refractivity contribution is 0.280. The van der Waals surface area contributed by atoms with Crippen LogP contribution in [0.15, 0.2) is 23.1 Å². The van der Waals surface area contributed by atoms with Crippen molar-refractivity contribution < 1.29 is 18.3 Å². The molecule has 0 bridgehead atoms. The summed E-state index contributed by atoms with van der Waals surface area (Å²) in [5.74, 6) is 0.694. The van der Waals surface area contributed by atoms with Gasteiger partial charge in [0.1, 0.15) is 10.6 Å². The quantitative estimate of drug-likeness (QED) is 0.834. The van der Waals surface area contributed by atoms with Crippen LogP contribution in [0.5, 0.6) is 5.75 Å². The van der Waals surface area contributed by atoms with Crippen molar-refractivity contribution >= 4 is 10.0 Å². The number of rotatable bonds is 7. The number of sulfonamides is 1. The zero-order valence-corrected chi connectivity index (χ0v) is 13.3. The van der Waals surface area contributed by atoms with E-state index in [9.17, 15) is 8.42 Å². The lowest BCUT2D eigenvalue weighted by atomic mass is 10.1. The fraction of sp³-hybridized carbons (Fsp3) is 0.571. The summed E-state index contributed by atoms with van der Waals surface area (Å²) in [6, 6.07) is 4.61. The third-order valence-electron chi connectivity index (χ3n) is 3.12. The summed E-state index contributed by atoms with van der Waals surface area (Å²) in [5, 5.41) is 9.09. The van der Waals surface area contributed by atoms with Crippen LogP contribution in [0.1, 0.15) is 25.8 Å². The highest BCUT2D eigenvalue weighted by atomic mass is 32.2. The van der Waals surface area contributed by atoms with Crippen molar-refractivity contribution in [2.24, 2.45) is 5.92 Å². The summed E-state index contributed by atoms with van der Waals surface area (Å²) >= 11 is 0. The molecule has 1 aromatic rings. The van der Waals surface area contributed by atoms with E-state index < -0.39 is 10.0 Å². The summed E-state index contributed by atoms with van der Waals surface area (Å²) in [7, 11) is -0.589. The van der Waals surface area contributed by atoms with E-state index in [1.807, 2.05) is 0 Å². The monoisotopic (exact) mass is 301 g/mol. The Morgan fingerprint density at radius 1 is 1.35 bits per heavy atom. The van der Waals surface area contributed by atoms with E-state index in [0.717, 1.165) is 6.42 Å². The molecule has 20 heavy (non-hydrogen) atoms. The van der Waals surface area contributed by atoms with Crippen LogP contribution in [-0.2, 0) is 16.6 Å². The molecule has 1 aromatic carbocycles. The number of ether oxygens (including phenoxy) is 1. The van der Waals surface area contributed by atoms with E-state index >= 15 is 0 Å². The molecule has 6 heteroatoms. The molecule has 0 aliphatic heterocycles. The molecule has 0 heterocycles. The van der Waals surface area contributed by atoms with Crippen LogP contribution in [0, 0.1) is 5.92 Å². The molecule has 1 N–H and O–H groups in total. The second kappa shape index (κ2) is 7.06. The first-order chi connectivity index (χ1) is 9.32. The Labute approximate surface area is 121 Å².